The standard InChI is InChI=1S/C14H19NO4S/c1-2-3-7-15-13(16)10-20(19)9-11-5-4-6-12(8-11)14(17)18/h4-6,8H,2-3,7,9-10H2,1H3,(H,15,16)(H,17,18). The second-order valence-corrected chi connectivity index (χ2v) is 5.89. The van der Waals surface area contributed by atoms with Gasteiger partial charge in [-0.3, -0.25) is 9.00 Å². The molecule has 20 heavy (non-hydrogen) atoms. The summed E-state index contributed by atoms with van der Waals surface area (Å²) >= 11 is 0. The molecule has 0 aliphatic rings. The fourth-order valence-corrected chi connectivity index (χ4v) is 2.68. The Labute approximate surface area is 120 Å². The lowest BCUT2D eigenvalue weighted by atomic mass is 10.1. The predicted molar refractivity (Wildman–Crippen MR) is 78.0 cm³/mol. The molecule has 2 N–H and O–H groups in total. The Morgan fingerprint density at radius 1 is 1.35 bits per heavy atom. The molecular formula is C14H19NO4S. The lowest BCUT2D eigenvalue weighted by molar-refractivity contribution is -0.118. The van der Waals surface area contributed by atoms with Gasteiger partial charge in [0, 0.05) is 23.1 Å². The number of hydrogen-bond donors (Lipinski definition) is 2. The fourth-order valence-electron chi connectivity index (χ4n) is 1.63. The van der Waals surface area contributed by atoms with E-state index in [0.717, 1.165) is 12.8 Å². The first-order chi connectivity index (χ1) is 9.52. The molecule has 1 atom stereocenters. The van der Waals surface area contributed by atoms with E-state index in [1.54, 1.807) is 12.1 Å². The van der Waals surface area contributed by atoms with Crippen LogP contribution in [-0.4, -0.2) is 33.5 Å². The average Bonchev–Trinajstić information content (AvgIpc) is 2.39. The first-order valence-corrected chi connectivity index (χ1v) is 7.95. The van der Waals surface area contributed by atoms with Crippen molar-refractivity contribution in [3.05, 3.63) is 35.4 Å². The highest BCUT2D eigenvalue weighted by Crippen LogP contribution is 2.08. The molecule has 1 aromatic carbocycles. The molecular weight excluding hydrogens is 278 g/mol. The molecule has 6 heteroatoms. The molecule has 0 saturated heterocycles. The van der Waals surface area contributed by atoms with Gasteiger partial charge in [0.2, 0.25) is 5.91 Å². The SMILES string of the molecule is CCCCNC(=O)CS(=O)Cc1cccc(C(=O)O)c1. The van der Waals surface area contributed by atoms with E-state index in [1.165, 1.54) is 12.1 Å². The zero-order chi connectivity index (χ0) is 15.0. The highest BCUT2D eigenvalue weighted by atomic mass is 32.2. The number of aromatic carboxylic acids is 1. The molecule has 0 radical (unpaired) electrons. The molecule has 0 aliphatic heterocycles. The highest BCUT2D eigenvalue weighted by Gasteiger charge is 2.10. The van der Waals surface area contributed by atoms with Gasteiger partial charge in [0.05, 0.1) is 5.56 Å². The topological polar surface area (TPSA) is 83.5 Å². The highest BCUT2D eigenvalue weighted by molar-refractivity contribution is 7.84. The van der Waals surface area contributed by atoms with Gasteiger partial charge in [-0.15, -0.1) is 0 Å². The quantitative estimate of drug-likeness (QED) is 0.713. The molecule has 110 valence electrons. The van der Waals surface area contributed by atoms with Crippen LogP contribution in [0.15, 0.2) is 24.3 Å². The summed E-state index contributed by atoms with van der Waals surface area (Å²) in [6.45, 7) is 2.63. The number of rotatable bonds is 8. The van der Waals surface area contributed by atoms with Crippen LogP contribution in [0.5, 0.6) is 0 Å². The van der Waals surface area contributed by atoms with Gasteiger partial charge in [0.15, 0.2) is 0 Å². The number of benzene rings is 1. The van der Waals surface area contributed by atoms with Crippen LogP contribution in [0.1, 0.15) is 35.7 Å². The van der Waals surface area contributed by atoms with Crippen molar-refractivity contribution in [3.8, 4) is 0 Å². The number of nitrogens with one attached hydrogen (secondary N) is 1. The normalized spacial score (nSPS) is 11.8. The summed E-state index contributed by atoms with van der Waals surface area (Å²) in [7, 11) is -1.33. The van der Waals surface area contributed by atoms with E-state index in [1.807, 2.05) is 6.92 Å². The fraction of sp³-hybridized carbons (Fsp3) is 0.429. The van der Waals surface area contributed by atoms with Crippen molar-refractivity contribution < 1.29 is 18.9 Å². The van der Waals surface area contributed by atoms with E-state index in [2.05, 4.69) is 5.32 Å². The maximum atomic E-state index is 11.8. The summed E-state index contributed by atoms with van der Waals surface area (Å²) in [5.41, 5.74) is 0.816. The lowest BCUT2D eigenvalue weighted by Crippen LogP contribution is -2.29. The van der Waals surface area contributed by atoms with Gasteiger partial charge in [-0.2, -0.15) is 0 Å². The largest absolute Gasteiger partial charge is 0.478 e. The molecule has 1 rings (SSSR count). The molecule has 5 nitrogen and oxygen atoms in total. The van der Waals surface area contributed by atoms with Crippen LogP contribution in [0, 0.1) is 0 Å². The van der Waals surface area contributed by atoms with Crippen molar-refractivity contribution in [1.29, 1.82) is 0 Å². The molecule has 0 spiro atoms. The van der Waals surface area contributed by atoms with E-state index in [9.17, 15) is 13.8 Å². The summed E-state index contributed by atoms with van der Waals surface area (Å²) in [6.07, 6.45) is 1.89. The second kappa shape index (κ2) is 8.47. The average molecular weight is 297 g/mol. The lowest BCUT2D eigenvalue weighted by Gasteiger charge is -2.05. The smallest absolute Gasteiger partial charge is 0.335 e. The van der Waals surface area contributed by atoms with Crippen molar-refractivity contribution >= 4 is 22.7 Å². The third-order valence-corrected chi connectivity index (χ3v) is 3.89. The van der Waals surface area contributed by atoms with Gasteiger partial charge < -0.3 is 10.4 Å². The molecule has 1 amide bonds. The minimum Gasteiger partial charge on any atom is -0.478 e. The molecule has 1 unspecified atom stereocenters. The van der Waals surface area contributed by atoms with Crippen LogP contribution in [0.4, 0.5) is 0 Å². The van der Waals surface area contributed by atoms with Crippen LogP contribution in [0.25, 0.3) is 0 Å². The Bertz CT molecular complexity index is 502. The molecule has 0 heterocycles. The summed E-state index contributed by atoms with van der Waals surface area (Å²) in [5.74, 6) is -1.12. The third kappa shape index (κ3) is 5.97. The maximum absolute atomic E-state index is 11.8. The van der Waals surface area contributed by atoms with Gasteiger partial charge in [0.1, 0.15) is 5.75 Å². The Morgan fingerprint density at radius 3 is 2.75 bits per heavy atom. The molecule has 0 saturated carbocycles. The minimum atomic E-state index is -1.33. The van der Waals surface area contributed by atoms with Gasteiger partial charge in [-0.1, -0.05) is 25.5 Å². The summed E-state index contributed by atoms with van der Waals surface area (Å²) in [4.78, 5) is 22.3. The Kier molecular flexibility index (Phi) is 6.93. The zero-order valence-corrected chi connectivity index (χ0v) is 12.2. The van der Waals surface area contributed by atoms with Gasteiger partial charge in [0.25, 0.3) is 0 Å². The summed E-state index contributed by atoms with van der Waals surface area (Å²) in [5, 5.41) is 11.6. The number of carbonyl (C=O) groups excluding carboxylic acids is 1. The van der Waals surface area contributed by atoms with E-state index in [0.29, 0.717) is 12.1 Å². The molecule has 0 fully saturated rings. The van der Waals surface area contributed by atoms with E-state index in [4.69, 9.17) is 5.11 Å². The van der Waals surface area contributed by atoms with E-state index in [-0.39, 0.29) is 23.0 Å². The van der Waals surface area contributed by atoms with Crippen molar-refractivity contribution in [3.63, 3.8) is 0 Å². The van der Waals surface area contributed by atoms with Gasteiger partial charge in [-0.25, -0.2) is 4.79 Å². The number of amides is 1. The number of unbranched alkanes of at least 4 members (excludes halogenated alkanes) is 1. The first kappa shape index (κ1) is 16.4. The third-order valence-electron chi connectivity index (χ3n) is 2.65. The summed E-state index contributed by atoms with van der Waals surface area (Å²) < 4.78 is 11.8. The van der Waals surface area contributed by atoms with Crippen molar-refractivity contribution in [2.45, 2.75) is 25.5 Å². The summed E-state index contributed by atoms with van der Waals surface area (Å²) in [6, 6.07) is 6.28. The minimum absolute atomic E-state index is 0.0546. The first-order valence-electron chi connectivity index (χ1n) is 6.47. The predicted octanol–water partition coefficient (Wildman–Crippen LogP) is 1.55. The molecule has 0 aromatic heterocycles. The van der Waals surface area contributed by atoms with Crippen molar-refractivity contribution in [1.82, 2.24) is 5.32 Å². The van der Waals surface area contributed by atoms with Gasteiger partial charge >= 0.3 is 5.97 Å². The number of carboxylic acid groups (broad SMARTS) is 1. The van der Waals surface area contributed by atoms with E-state index >= 15 is 0 Å². The van der Waals surface area contributed by atoms with Crippen LogP contribution in [0.2, 0.25) is 0 Å². The van der Waals surface area contributed by atoms with Crippen LogP contribution in [0.3, 0.4) is 0 Å². The molecule has 0 bridgehead atoms. The van der Waals surface area contributed by atoms with Crippen LogP contribution >= 0.6 is 0 Å². The Morgan fingerprint density at radius 2 is 2.10 bits per heavy atom. The van der Waals surface area contributed by atoms with Crippen molar-refractivity contribution in [2.75, 3.05) is 12.3 Å². The number of hydrogen-bond acceptors (Lipinski definition) is 3. The maximum Gasteiger partial charge on any atom is 0.335 e. The van der Waals surface area contributed by atoms with E-state index < -0.39 is 16.8 Å². The second-order valence-electron chi connectivity index (χ2n) is 4.44. The van der Waals surface area contributed by atoms with Crippen LogP contribution in [-0.2, 0) is 21.3 Å². The Balaban J connectivity index is 2.48. The number of carbonyl (C=O) groups is 2. The Hall–Kier alpha value is -1.69. The van der Waals surface area contributed by atoms with Gasteiger partial charge in [-0.05, 0) is 24.1 Å². The van der Waals surface area contributed by atoms with Crippen LogP contribution < -0.4 is 5.32 Å². The monoisotopic (exact) mass is 297 g/mol. The van der Waals surface area contributed by atoms with Crippen molar-refractivity contribution in [2.24, 2.45) is 0 Å². The number of carboxylic acids is 1. The zero-order valence-electron chi connectivity index (χ0n) is 11.4. The molecule has 1 aromatic rings. The molecule has 0 aliphatic carbocycles.